The van der Waals surface area contributed by atoms with Crippen molar-refractivity contribution in [2.24, 2.45) is 0 Å². The molecule has 0 saturated heterocycles. The van der Waals surface area contributed by atoms with Gasteiger partial charge in [0, 0.05) is 0 Å². The van der Waals surface area contributed by atoms with Crippen molar-refractivity contribution in [1.82, 2.24) is 0 Å². The molecule has 0 aliphatic rings. The van der Waals surface area contributed by atoms with E-state index < -0.39 is 0 Å². The van der Waals surface area contributed by atoms with E-state index in [0.29, 0.717) is 13.8 Å². The molecular formula is C7H8SSe. The van der Waals surface area contributed by atoms with Gasteiger partial charge in [-0.15, -0.1) is 0 Å². The Morgan fingerprint density at radius 1 is 1.22 bits per heavy atom. The minimum absolute atomic E-state index is 0.474. The monoisotopic (exact) mass is 204 g/mol. The van der Waals surface area contributed by atoms with Crippen LogP contribution in [0.1, 0.15) is 5.56 Å². The van der Waals surface area contributed by atoms with Crippen molar-refractivity contribution in [3.8, 4) is 0 Å². The van der Waals surface area contributed by atoms with Crippen molar-refractivity contribution in [2.75, 3.05) is 0 Å². The van der Waals surface area contributed by atoms with Crippen LogP contribution in [0, 0.1) is 0 Å². The predicted molar refractivity (Wildman–Crippen MR) is 44.9 cm³/mol. The summed E-state index contributed by atoms with van der Waals surface area (Å²) in [6, 6.07) is 10.4. The summed E-state index contributed by atoms with van der Waals surface area (Å²) in [5.74, 6) is 0. The zero-order valence-electron chi connectivity index (χ0n) is 4.95. The Morgan fingerprint density at radius 3 is 2.44 bits per heavy atom. The van der Waals surface area contributed by atoms with E-state index in [9.17, 15) is 0 Å². The van der Waals surface area contributed by atoms with Gasteiger partial charge in [-0.25, -0.2) is 0 Å². The van der Waals surface area contributed by atoms with Crippen molar-refractivity contribution in [2.45, 2.75) is 5.32 Å². The number of benzene rings is 1. The van der Waals surface area contributed by atoms with Gasteiger partial charge >= 0.3 is 66.1 Å². The molecule has 0 heterocycles. The second-order valence-electron chi connectivity index (χ2n) is 1.76. The van der Waals surface area contributed by atoms with E-state index in [0.717, 1.165) is 5.32 Å². The van der Waals surface area contributed by atoms with Crippen molar-refractivity contribution < 1.29 is 0 Å². The molecule has 0 fully saturated rings. The fourth-order valence-electron chi connectivity index (χ4n) is 0.649. The molecule has 0 N–H and O–H groups in total. The van der Waals surface area contributed by atoms with Crippen LogP contribution >= 0.6 is 11.0 Å². The zero-order valence-corrected chi connectivity index (χ0v) is 7.56. The van der Waals surface area contributed by atoms with Crippen LogP contribution in [0.4, 0.5) is 0 Å². The summed E-state index contributed by atoms with van der Waals surface area (Å²) in [7, 11) is 0. The Kier molecular flexibility index (Phi) is 3.20. The standard InChI is InChI=1S/C7H8SSe/c8-9-6-7-4-2-1-3-5-7/h1-5,8H,6H2. The van der Waals surface area contributed by atoms with Gasteiger partial charge in [0.25, 0.3) is 0 Å². The molecule has 1 aromatic carbocycles. The van der Waals surface area contributed by atoms with Crippen molar-refractivity contribution in [3.63, 3.8) is 0 Å². The molecule has 0 spiro atoms. The van der Waals surface area contributed by atoms with Crippen LogP contribution < -0.4 is 0 Å². The first-order valence-electron chi connectivity index (χ1n) is 2.74. The van der Waals surface area contributed by atoms with Gasteiger partial charge in [0.2, 0.25) is 0 Å². The average molecular weight is 203 g/mol. The van der Waals surface area contributed by atoms with Crippen LogP contribution in [0.15, 0.2) is 30.3 Å². The van der Waals surface area contributed by atoms with E-state index in [1.54, 1.807) is 0 Å². The summed E-state index contributed by atoms with van der Waals surface area (Å²) in [5.41, 5.74) is 1.40. The van der Waals surface area contributed by atoms with Crippen LogP contribution in [-0.4, -0.2) is 13.8 Å². The summed E-state index contributed by atoms with van der Waals surface area (Å²) in [4.78, 5) is 0. The van der Waals surface area contributed by atoms with Crippen molar-refractivity contribution in [1.29, 1.82) is 0 Å². The molecule has 9 heavy (non-hydrogen) atoms. The van der Waals surface area contributed by atoms with Crippen LogP contribution in [0.3, 0.4) is 0 Å². The third-order valence-electron chi connectivity index (χ3n) is 1.07. The molecule has 0 unspecified atom stereocenters. The number of hydrogen-bond acceptors (Lipinski definition) is 1. The Labute approximate surface area is 66.3 Å². The van der Waals surface area contributed by atoms with E-state index in [1.165, 1.54) is 5.56 Å². The maximum absolute atomic E-state index is 4.19. The van der Waals surface area contributed by atoms with E-state index in [-0.39, 0.29) is 0 Å². The van der Waals surface area contributed by atoms with Crippen LogP contribution in [0.5, 0.6) is 0 Å². The van der Waals surface area contributed by atoms with E-state index in [1.807, 2.05) is 6.07 Å². The summed E-state index contributed by atoms with van der Waals surface area (Å²) >= 11 is 4.67. The molecule has 0 radical (unpaired) electrons. The number of hydrogen-bond donors (Lipinski definition) is 1. The van der Waals surface area contributed by atoms with Gasteiger partial charge < -0.3 is 0 Å². The van der Waals surface area contributed by atoms with E-state index >= 15 is 0 Å². The summed E-state index contributed by atoms with van der Waals surface area (Å²) in [5, 5.41) is 1.14. The number of thiol groups is 1. The van der Waals surface area contributed by atoms with Gasteiger partial charge in [-0.3, -0.25) is 0 Å². The molecular weight excluding hydrogens is 195 g/mol. The first kappa shape index (κ1) is 7.20. The van der Waals surface area contributed by atoms with Gasteiger partial charge in [0.1, 0.15) is 0 Å². The molecule has 1 rings (SSSR count). The summed E-state index contributed by atoms with van der Waals surface area (Å²) in [6.45, 7) is 0. The predicted octanol–water partition coefficient (Wildman–Crippen LogP) is 1.74. The molecule has 0 aliphatic carbocycles. The molecule has 0 amide bonds. The summed E-state index contributed by atoms with van der Waals surface area (Å²) in [6.07, 6.45) is 0. The van der Waals surface area contributed by atoms with Gasteiger partial charge in [-0.1, -0.05) is 0 Å². The topological polar surface area (TPSA) is 0 Å². The first-order valence-corrected chi connectivity index (χ1v) is 6.61. The van der Waals surface area contributed by atoms with Crippen LogP contribution in [0.2, 0.25) is 0 Å². The second kappa shape index (κ2) is 3.99. The molecule has 0 atom stereocenters. The molecule has 0 saturated carbocycles. The summed E-state index contributed by atoms with van der Waals surface area (Å²) < 4.78 is 0. The molecule has 2 heteroatoms. The molecule has 0 aliphatic heterocycles. The third-order valence-corrected chi connectivity index (χ3v) is 2.72. The Bertz CT molecular complexity index is 162. The fraction of sp³-hybridized carbons (Fsp3) is 0.143. The van der Waals surface area contributed by atoms with Gasteiger partial charge in [0.05, 0.1) is 0 Å². The molecule has 48 valence electrons. The van der Waals surface area contributed by atoms with E-state index in [2.05, 4.69) is 35.3 Å². The molecule has 0 bridgehead atoms. The molecule has 0 aromatic heterocycles. The second-order valence-corrected chi connectivity index (χ2v) is 4.25. The minimum atomic E-state index is 0.474. The average Bonchev–Trinajstić information content (AvgIpc) is 1.91. The molecule has 1 aromatic rings. The number of rotatable bonds is 2. The van der Waals surface area contributed by atoms with Crippen molar-refractivity contribution in [3.05, 3.63) is 35.9 Å². The SMILES string of the molecule is S[Se]Cc1ccccc1. The van der Waals surface area contributed by atoms with Crippen molar-refractivity contribution >= 4 is 24.9 Å². The normalized spacial score (nSPS) is 9.44. The zero-order chi connectivity index (χ0) is 6.53. The Balaban J connectivity index is 2.61. The van der Waals surface area contributed by atoms with Gasteiger partial charge in [-0.2, -0.15) is 0 Å². The maximum atomic E-state index is 4.19. The van der Waals surface area contributed by atoms with E-state index in [4.69, 9.17) is 0 Å². The molecule has 0 nitrogen and oxygen atoms in total. The van der Waals surface area contributed by atoms with Crippen LogP contribution in [-0.2, 0) is 5.32 Å². The van der Waals surface area contributed by atoms with Gasteiger partial charge in [-0.05, 0) is 0 Å². The Hall–Kier alpha value is 0.0895. The third kappa shape index (κ3) is 2.44. The quantitative estimate of drug-likeness (QED) is 0.549. The van der Waals surface area contributed by atoms with Crippen LogP contribution in [0.25, 0.3) is 0 Å². The Morgan fingerprint density at radius 2 is 1.89 bits per heavy atom. The fourth-order valence-corrected chi connectivity index (χ4v) is 2.14. The van der Waals surface area contributed by atoms with Gasteiger partial charge in [0.15, 0.2) is 0 Å². The first-order chi connectivity index (χ1) is 4.43.